The normalized spacial score (nSPS) is 10.9. The lowest BCUT2D eigenvalue weighted by Gasteiger charge is -2.18. The Hall–Kier alpha value is -1.84. The Balaban J connectivity index is 2.56. The topological polar surface area (TPSA) is 58.2 Å². The average molecular weight is 262 g/mol. The molecule has 0 saturated heterocycles. The minimum atomic E-state index is -0.153. The van der Waals surface area contributed by atoms with Gasteiger partial charge in [0.05, 0.1) is 0 Å². The second-order valence-electron chi connectivity index (χ2n) is 5.72. The highest BCUT2D eigenvalue weighted by Crippen LogP contribution is 2.17. The predicted octanol–water partition coefficient (Wildman–Crippen LogP) is 2.21. The maximum atomic E-state index is 11.9. The number of hydrogen-bond donors (Lipinski definition) is 2. The quantitative estimate of drug-likeness (QED) is 0.874. The van der Waals surface area contributed by atoms with Crippen molar-refractivity contribution in [3.05, 3.63) is 35.4 Å². The van der Waals surface area contributed by atoms with Crippen LogP contribution < -0.4 is 10.6 Å². The van der Waals surface area contributed by atoms with Gasteiger partial charge in [-0.3, -0.25) is 9.59 Å². The van der Waals surface area contributed by atoms with Crippen LogP contribution in [0.2, 0.25) is 0 Å². The first kappa shape index (κ1) is 15.2. The lowest BCUT2D eigenvalue weighted by Crippen LogP contribution is -2.27. The van der Waals surface area contributed by atoms with Crippen LogP contribution in [0.15, 0.2) is 24.3 Å². The van der Waals surface area contributed by atoms with Gasteiger partial charge < -0.3 is 10.6 Å². The highest BCUT2D eigenvalue weighted by molar-refractivity contribution is 5.97. The summed E-state index contributed by atoms with van der Waals surface area (Å²) in [4.78, 5) is 23.2. The van der Waals surface area contributed by atoms with Crippen molar-refractivity contribution in [2.24, 2.45) is 5.41 Å². The van der Waals surface area contributed by atoms with E-state index in [2.05, 4.69) is 31.4 Å². The van der Waals surface area contributed by atoms with E-state index in [1.165, 1.54) is 0 Å². The second-order valence-corrected chi connectivity index (χ2v) is 5.72. The van der Waals surface area contributed by atoms with E-state index in [1.807, 2.05) is 0 Å². The number of carbonyl (C=O) groups is 2. The molecule has 0 atom stereocenters. The molecule has 1 rings (SSSR count). The summed E-state index contributed by atoms with van der Waals surface area (Å²) >= 11 is 0. The summed E-state index contributed by atoms with van der Waals surface area (Å²) in [6.45, 7) is 7.06. The summed E-state index contributed by atoms with van der Waals surface area (Å²) in [6, 6.07) is 6.63. The van der Waals surface area contributed by atoms with E-state index in [9.17, 15) is 9.59 Å². The van der Waals surface area contributed by atoms with E-state index in [-0.39, 0.29) is 17.2 Å². The predicted molar refractivity (Wildman–Crippen MR) is 76.2 cm³/mol. The molecule has 0 bridgehead atoms. The molecule has 4 heteroatoms. The van der Waals surface area contributed by atoms with Crippen LogP contribution in [-0.2, 0) is 0 Å². The van der Waals surface area contributed by atoms with Gasteiger partial charge in [0.25, 0.3) is 11.8 Å². The molecule has 0 heterocycles. The van der Waals surface area contributed by atoms with Crippen LogP contribution in [-0.4, -0.2) is 25.4 Å². The lowest BCUT2D eigenvalue weighted by molar-refractivity contribution is 0.0942. The summed E-state index contributed by atoms with van der Waals surface area (Å²) in [5.41, 5.74) is 1.33. The minimum Gasteiger partial charge on any atom is -0.355 e. The Kier molecular flexibility index (Phi) is 5.10. The van der Waals surface area contributed by atoms with Crippen LogP contribution in [0.5, 0.6) is 0 Å². The average Bonchev–Trinajstić information content (AvgIpc) is 2.36. The van der Waals surface area contributed by atoms with Crippen molar-refractivity contribution < 1.29 is 9.59 Å². The molecule has 4 nitrogen and oxygen atoms in total. The van der Waals surface area contributed by atoms with Crippen molar-refractivity contribution in [3.63, 3.8) is 0 Å². The number of benzene rings is 1. The van der Waals surface area contributed by atoms with Gasteiger partial charge >= 0.3 is 0 Å². The molecule has 1 aromatic carbocycles. The molecule has 0 aromatic heterocycles. The first-order valence-corrected chi connectivity index (χ1v) is 6.44. The largest absolute Gasteiger partial charge is 0.355 e. The van der Waals surface area contributed by atoms with Crippen LogP contribution in [0.1, 0.15) is 47.9 Å². The molecule has 0 saturated carbocycles. The molecule has 0 aliphatic heterocycles. The third kappa shape index (κ3) is 5.12. The zero-order valence-corrected chi connectivity index (χ0v) is 12.0. The molecule has 0 aliphatic carbocycles. The zero-order chi connectivity index (χ0) is 14.5. The fourth-order valence-corrected chi connectivity index (χ4v) is 1.57. The van der Waals surface area contributed by atoms with E-state index < -0.39 is 0 Å². The summed E-state index contributed by atoms with van der Waals surface area (Å²) in [5, 5.41) is 5.42. The van der Waals surface area contributed by atoms with Crippen LogP contribution in [0.3, 0.4) is 0 Å². The van der Waals surface area contributed by atoms with E-state index in [0.717, 1.165) is 6.42 Å². The molecule has 0 radical (unpaired) electrons. The number of nitrogens with one attached hydrogen (secondary N) is 2. The first-order chi connectivity index (χ1) is 8.83. The van der Waals surface area contributed by atoms with Gasteiger partial charge in [-0.15, -0.1) is 0 Å². The van der Waals surface area contributed by atoms with Gasteiger partial charge in [0.2, 0.25) is 0 Å². The maximum Gasteiger partial charge on any atom is 0.251 e. The molecule has 104 valence electrons. The Bertz CT molecular complexity index is 444. The second kappa shape index (κ2) is 6.36. The van der Waals surface area contributed by atoms with Gasteiger partial charge in [-0.05, 0) is 36.1 Å². The standard InChI is InChI=1S/C15H22N2O2/c1-15(2,3)9-10-17-14(19)12-7-5-11(6-8-12)13(18)16-4/h5-8H,9-10H2,1-4H3,(H,16,18)(H,17,19). The number of rotatable bonds is 4. The maximum absolute atomic E-state index is 11.9. The van der Waals surface area contributed by atoms with Gasteiger partial charge in [0.1, 0.15) is 0 Å². The Morgan fingerprint density at radius 1 is 1.00 bits per heavy atom. The van der Waals surface area contributed by atoms with Crippen molar-refractivity contribution >= 4 is 11.8 Å². The highest BCUT2D eigenvalue weighted by atomic mass is 16.2. The van der Waals surface area contributed by atoms with Crippen molar-refractivity contribution in [1.82, 2.24) is 10.6 Å². The first-order valence-electron chi connectivity index (χ1n) is 6.44. The number of carbonyl (C=O) groups excluding carboxylic acids is 2. The summed E-state index contributed by atoms with van der Waals surface area (Å²) in [7, 11) is 1.58. The van der Waals surface area contributed by atoms with E-state index >= 15 is 0 Å². The van der Waals surface area contributed by atoms with Gasteiger partial charge in [0, 0.05) is 24.7 Å². The van der Waals surface area contributed by atoms with Crippen molar-refractivity contribution in [2.45, 2.75) is 27.2 Å². The lowest BCUT2D eigenvalue weighted by atomic mass is 9.92. The monoisotopic (exact) mass is 262 g/mol. The highest BCUT2D eigenvalue weighted by Gasteiger charge is 2.11. The van der Waals surface area contributed by atoms with E-state index in [1.54, 1.807) is 31.3 Å². The molecule has 2 amide bonds. The molecular weight excluding hydrogens is 240 g/mol. The smallest absolute Gasteiger partial charge is 0.251 e. The van der Waals surface area contributed by atoms with Crippen LogP contribution in [0.4, 0.5) is 0 Å². The number of hydrogen-bond acceptors (Lipinski definition) is 2. The van der Waals surface area contributed by atoms with Crippen molar-refractivity contribution in [3.8, 4) is 0 Å². The van der Waals surface area contributed by atoms with Gasteiger partial charge in [-0.1, -0.05) is 20.8 Å². The van der Waals surface area contributed by atoms with Crippen LogP contribution in [0.25, 0.3) is 0 Å². The third-order valence-electron chi connectivity index (χ3n) is 2.80. The number of amides is 2. The third-order valence-corrected chi connectivity index (χ3v) is 2.80. The van der Waals surface area contributed by atoms with Gasteiger partial charge in [0.15, 0.2) is 0 Å². The van der Waals surface area contributed by atoms with Crippen molar-refractivity contribution in [1.29, 1.82) is 0 Å². The van der Waals surface area contributed by atoms with Gasteiger partial charge in [-0.25, -0.2) is 0 Å². The molecule has 0 aliphatic rings. The summed E-state index contributed by atoms with van der Waals surface area (Å²) in [6.07, 6.45) is 0.926. The minimum absolute atomic E-state index is 0.104. The van der Waals surface area contributed by atoms with Crippen molar-refractivity contribution in [2.75, 3.05) is 13.6 Å². The molecule has 2 N–H and O–H groups in total. The summed E-state index contributed by atoms with van der Waals surface area (Å²) < 4.78 is 0. The van der Waals surface area contributed by atoms with Crippen LogP contribution in [0, 0.1) is 5.41 Å². The summed E-state index contributed by atoms with van der Waals surface area (Å²) in [5.74, 6) is -0.257. The molecule has 0 unspecified atom stereocenters. The van der Waals surface area contributed by atoms with Gasteiger partial charge in [-0.2, -0.15) is 0 Å². The molecule has 1 aromatic rings. The van der Waals surface area contributed by atoms with E-state index in [4.69, 9.17) is 0 Å². The fourth-order valence-electron chi connectivity index (χ4n) is 1.57. The van der Waals surface area contributed by atoms with Crippen LogP contribution >= 0.6 is 0 Å². The Morgan fingerprint density at radius 2 is 1.47 bits per heavy atom. The molecule has 0 spiro atoms. The van der Waals surface area contributed by atoms with E-state index in [0.29, 0.717) is 17.7 Å². The Labute approximate surface area is 114 Å². The molecular formula is C15H22N2O2. The fraction of sp³-hybridized carbons (Fsp3) is 0.467. The zero-order valence-electron chi connectivity index (χ0n) is 12.0. The Morgan fingerprint density at radius 3 is 1.89 bits per heavy atom. The molecule has 19 heavy (non-hydrogen) atoms. The SMILES string of the molecule is CNC(=O)c1ccc(C(=O)NCCC(C)(C)C)cc1. The molecule has 0 fully saturated rings.